The van der Waals surface area contributed by atoms with Gasteiger partial charge in [0.2, 0.25) is 0 Å². The van der Waals surface area contributed by atoms with Crippen LogP contribution in [0.4, 0.5) is 0 Å². The number of hydrogen-bond acceptors (Lipinski definition) is 5. The zero-order valence-corrected chi connectivity index (χ0v) is 15.9. The predicted molar refractivity (Wildman–Crippen MR) is 108 cm³/mol. The molecule has 1 aliphatic heterocycles. The number of aromatic hydroxyl groups is 1. The molecule has 0 bridgehead atoms. The van der Waals surface area contributed by atoms with E-state index in [1.807, 2.05) is 30.3 Å². The maximum absolute atomic E-state index is 12.7. The fourth-order valence-corrected chi connectivity index (χ4v) is 3.98. The van der Waals surface area contributed by atoms with Crippen LogP contribution >= 0.6 is 0 Å². The molecular weight excluding hydrogens is 354 g/mol. The van der Waals surface area contributed by atoms with Crippen LogP contribution in [0, 0.1) is 12.8 Å². The lowest BCUT2D eigenvalue weighted by molar-refractivity contribution is 0.0835. The lowest BCUT2D eigenvalue weighted by Crippen LogP contribution is -2.36. The quantitative estimate of drug-likeness (QED) is 0.551. The first-order valence-electron chi connectivity index (χ1n) is 9.60. The lowest BCUT2D eigenvalue weighted by Gasteiger charge is -2.31. The number of carbonyl (C=O) groups excluding carboxylic acids is 1. The highest BCUT2D eigenvalue weighted by molar-refractivity contribution is 5.97. The molecule has 5 nitrogen and oxygen atoms in total. The normalized spacial score (nSPS) is 15.8. The molecule has 0 radical (unpaired) electrons. The molecule has 0 atom stereocenters. The van der Waals surface area contributed by atoms with E-state index in [0.29, 0.717) is 17.7 Å². The summed E-state index contributed by atoms with van der Waals surface area (Å²) in [6.07, 6.45) is 1.62. The molecule has 3 aromatic rings. The van der Waals surface area contributed by atoms with Gasteiger partial charge in [0.15, 0.2) is 5.78 Å². The Hall–Kier alpha value is -2.92. The summed E-state index contributed by atoms with van der Waals surface area (Å²) in [4.78, 5) is 26.9. The van der Waals surface area contributed by atoms with E-state index in [4.69, 9.17) is 4.42 Å². The van der Waals surface area contributed by atoms with E-state index in [2.05, 4.69) is 4.90 Å². The van der Waals surface area contributed by atoms with Crippen molar-refractivity contribution in [2.45, 2.75) is 26.3 Å². The van der Waals surface area contributed by atoms with E-state index >= 15 is 0 Å². The summed E-state index contributed by atoms with van der Waals surface area (Å²) in [5.74, 6) is 0.389. The average Bonchev–Trinajstić information content (AvgIpc) is 2.72. The monoisotopic (exact) mass is 377 g/mol. The van der Waals surface area contributed by atoms with Crippen LogP contribution in [0.15, 0.2) is 57.7 Å². The third kappa shape index (κ3) is 3.58. The van der Waals surface area contributed by atoms with Crippen LogP contribution < -0.4 is 5.63 Å². The van der Waals surface area contributed by atoms with Crippen molar-refractivity contribution in [2.24, 2.45) is 5.92 Å². The van der Waals surface area contributed by atoms with Crippen molar-refractivity contribution in [2.75, 3.05) is 13.1 Å². The third-order valence-corrected chi connectivity index (χ3v) is 5.63. The minimum atomic E-state index is -0.412. The molecule has 4 rings (SSSR count). The first-order valence-corrected chi connectivity index (χ1v) is 9.60. The van der Waals surface area contributed by atoms with Crippen molar-refractivity contribution >= 4 is 16.8 Å². The van der Waals surface area contributed by atoms with E-state index in [-0.39, 0.29) is 17.5 Å². The van der Waals surface area contributed by atoms with Crippen molar-refractivity contribution in [3.8, 4) is 5.75 Å². The first kappa shape index (κ1) is 18.4. The summed E-state index contributed by atoms with van der Waals surface area (Å²) in [5, 5.41) is 10.7. The van der Waals surface area contributed by atoms with Crippen molar-refractivity contribution in [3.05, 3.63) is 75.6 Å². The Morgan fingerprint density at radius 3 is 2.57 bits per heavy atom. The fraction of sp³-hybridized carbons (Fsp3) is 0.304. The molecule has 0 amide bonds. The van der Waals surface area contributed by atoms with Crippen molar-refractivity contribution in [1.29, 1.82) is 0 Å². The van der Waals surface area contributed by atoms with Gasteiger partial charge in [-0.05, 0) is 50.6 Å². The Balaban J connectivity index is 1.49. The van der Waals surface area contributed by atoms with Crippen LogP contribution in [-0.2, 0) is 6.54 Å². The van der Waals surface area contributed by atoms with Crippen molar-refractivity contribution < 1.29 is 14.3 Å². The second-order valence-corrected chi connectivity index (χ2v) is 7.46. The van der Waals surface area contributed by atoms with Crippen LogP contribution in [0.5, 0.6) is 5.75 Å². The van der Waals surface area contributed by atoms with Gasteiger partial charge < -0.3 is 9.52 Å². The molecule has 1 saturated heterocycles. The molecule has 1 fully saturated rings. The SMILES string of the molecule is Cc1c(O)ccc2c(CN3CCC(C(=O)c4ccccc4)CC3)cc(=O)oc12. The summed E-state index contributed by atoms with van der Waals surface area (Å²) in [6.45, 7) is 3.98. The number of likely N-dealkylation sites (tertiary alicyclic amines) is 1. The van der Waals surface area contributed by atoms with Gasteiger partial charge in [0.05, 0.1) is 0 Å². The van der Waals surface area contributed by atoms with Crippen molar-refractivity contribution in [3.63, 3.8) is 0 Å². The van der Waals surface area contributed by atoms with E-state index in [1.165, 1.54) is 6.07 Å². The molecule has 2 aromatic carbocycles. The fourth-order valence-electron chi connectivity index (χ4n) is 3.98. The molecule has 0 aliphatic carbocycles. The maximum atomic E-state index is 12.7. The number of carbonyl (C=O) groups is 1. The standard InChI is InChI=1S/C23H23NO4/c1-15-20(25)8-7-19-18(13-21(26)28-23(15)19)14-24-11-9-17(10-12-24)22(27)16-5-3-2-4-6-16/h2-8,13,17,25H,9-12,14H2,1H3. The third-order valence-electron chi connectivity index (χ3n) is 5.63. The molecule has 5 heteroatoms. The second-order valence-electron chi connectivity index (χ2n) is 7.46. The van der Waals surface area contributed by atoms with Gasteiger partial charge in [-0.1, -0.05) is 30.3 Å². The summed E-state index contributed by atoms with van der Waals surface area (Å²) in [6, 6.07) is 14.4. The molecule has 2 heterocycles. The van der Waals surface area contributed by atoms with Gasteiger partial charge in [-0.15, -0.1) is 0 Å². The highest BCUT2D eigenvalue weighted by Crippen LogP contribution is 2.29. The zero-order valence-electron chi connectivity index (χ0n) is 15.9. The van der Waals surface area contributed by atoms with Crippen LogP contribution in [0.3, 0.4) is 0 Å². The van der Waals surface area contributed by atoms with Gasteiger partial charge in [-0.25, -0.2) is 4.79 Å². The number of phenolic OH excluding ortho intramolecular Hbond substituents is 1. The number of phenols is 1. The summed E-state index contributed by atoms with van der Waals surface area (Å²) in [7, 11) is 0. The van der Waals surface area contributed by atoms with Gasteiger partial charge >= 0.3 is 5.63 Å². The van der Waals surface area contributed by atoms with Crippen LogP contribution in [0.25, 0.3) is 11.0 Å². The molecule has 0 spiro atoms. The predicted octanol–water partition coefficient (Wildman–Crippen LogP) is 3.90. The van der Waals surface area contributed by atoms with Crippen molar-refractivity contribution in [1.82, 2.24) is 4.90 Å². The maximum Gasteiger partial charge on any atom is 0.336 e. The van der Waals surface area contributed by atoms with E-state index in [0.717, 1.165) is 42.4 Å². The Morgan fingerprint density at radius 2 is 1.86 bits per heavy atom. The van der Waals surface area contributed by atoms with Gasteiger partial charge in [0.1, 0.15) is 11.3 Å². The van der Waals surface area contributed by atoms with E-state index in [1.54, 1.807) is 19.1 Å². The summed E-state index contributed by atoms with van der Waals surface area (Å²) in [5.41, 5.74) is 2.27. The topological polar surface area (TPSA) is 70.8 Å². The number of ketones is 1. The van der Waals surface area contributed by atoms with Crippen LogP contribution in [0.2, 0.25) is 0 Å². The number of piperidine rings is 1. The average molecular weight is 377 g/mol. The number of aryl methyl sites for hydroxylation is 1. The molecule has 1 aliphatic rings. The van der Waals surface area contributed by atoms with E-state index in [9.17, 15) is 14.7 Å². The van der Waals surface area contributed by atoms with Crippen LogP contribution in [0.1, 0.15) is 34.3 Å². The molecule has 28 heavy (non-hydrogen) atoms. The minimum absolute atomic E-state index is 0.0513. The van der Waals surface area contributed by atoms with Gasteiger partial charge in [-0.3, -0.25) is 9.69 Å². The first-order chi connectivity index (χ1) is 13.5. The number of rotatable bonds is 4. The van der Waals surface area contributed by atoms with Gasteiger partial charge in [-0.2, -0.15) is 0 Å². The number of Topliss-reactive ketones (excluding diaryl/α,β-unsaturated/α-hetero) is 1. The Bertz CT molecular complexity index is 1060. The molecular formula is C23H23NO4. The number of nitrogens with zero attached hydrogens (tertiary/aromatic N) is 1. The van der Waals surface area contributed by atoms with Gasteiger partial charge in [0.25, 0.3) is 0 Å². The van der Waals surface area contributed by atoms with Gasteiger partial charge in [0, 0.05) is 35.0 Å². The van der Waals surface area contributed by atoms with E-state index < -0.39 is 5.63 Å². The Morgan fingerprint density at radius 1 is 1.14 bits per heavy atom. The molecule has 144 valence electrons. The largest absolute Gasteiger partial charge is 0.508 e. The number of benzene rings is 2. The molecule has 0 saturated carbocycles. The summed E-state index contributed by atoms with van der Waals surface area (Å²) >= 11 is 0. The Labute approximate surface area is 163 Å². The van der Waals surface area contributed by atoms with Crippen LogP contribution in [-0.4, -0.2) is 28.9 Å². The summed E-state index contributed by atoms with van der Waals surface area (Å²) < 4.78 is 5.32. The molecule has 1 N–H and O–H groups in total. The minimum Gasteiger partial charge on any atom is -0.508 e. The zero-order chi connectivity index (χ0) is 19.7. The smallest absolute Gasteiger partial charge is 0.336 e. The highest BCUT2D eigenvalue weighted by Gasteiger charge is 2.26. The number of fused-ring (bicyclic) bond motifs is 1. The lowest BCUT2D eigenvalue weighted by atomic mass is 9.88. The molecule has 1 aromatic heterocycles. The highest BCUT2D eigenvalue weighted by atomic mass is 16.4. The number of hydrogen-bond donors (Lipinski definition) is 1. The Kier molecular flexibility index (Phi) is 5.01. The second kappa shape index (κ2) is 7.60. The molecule has 0 unspecified atom stereocenters.